The predicted molar refractivity (Wildman–Crippen MR) is 235 cm³/mol. The maximum absolute atomic E-state index is 6.40. The quantitative estimate of drug-likeness (QED) is 0.177. The highest BCUT2D eigenvalue weighted by Crippen LogP contribution is 2.41. The van der Waals surface area contributed by atoms with Crippen LogP contribution >= 0.6 is 0 Å². The highest BCUT2D eigenvalue weighted by Gasteiger charge is 2.16. The van der Waals surface area contributed by atoms with E-state index >= 15 is 0 Å². The minimum Gasteiger partial charge on any atom is -0.456 e. The van der Waals surface area contributed by atoms with Gasteiger partial charge in [-0.2, -0.15) is 0 Å². The summed E-state index contributed by atoms with van der Waals surface area (Å²) >= 11 is 0. The van der Waals surface area contributed by atoms with E-state index in [-0.39, 0.29) is 0 Å². The van der Waals surface area contributed by atoms with Gasteiger partial charge in [0, 0.05) is 61.5 Å². The number of nitrogens with zero attached hydrogens (tertiary/aromatic N) is 2. The molecule has 4 heteroatoms. The first-order valence-electron chi connectivity index (χ1n) is 19.3. The molecule has 4 heterocycles. The molecular formula is C53H32N2O2. The first kappa shape index (κ1) is 31.6. The van der Waals surface area contributed by atoms with Gasteiger partial charge < -0.3 is 13.4 Å². The highest BCUT2D eigenvalue weighted by atomic mass is 16.3. The average Bonchev–Trinajstić information content (AvgIpc) is 3.95. The second kappa shape index (κ2) is 12.4. The number of fused-ring (bicyclic) bond motifs is 9. The van der Waals surface area contributed by atoms with Crippen LogP contribution in [0.1, 0.15) is 0 Å². The molecule has 0 amide bonds. The molecule has 266 valence electrons. The number of hydrogen-bond acceptors (Lipinski definition) is 3. The van der Waals surface area contributed by atoms with Gasteiger partial charge in [-0.1, -0.05) is 103 Å². The lowest BCUT2D eigenvalue weighted by Gasteiger charge is -2.11. The lowest BCUT2D eigenvalue weighted by atomic mass is 9.93. The van der Waals surface area contributed by atoms with E-state index in [1.54, 1.807) is 0 Å². The third-order valence-corrected chi connectivity index (χ3v) is 11.5. The zero-order valence-electron chi connectivity index (χ0n) is 30.7. The van der Waals surface area contributed by atoms with Crippen molar-refractivity contribution in [3.63, 3.8) is 0 Å². The molecule has 0 saturated carbocycles. The van der Waals surface area contributed by atoms with Crippen molar-refractivity contribution in [2.45, 2.75) is 0 Å². The van der Waals surface area contributed by atoms with E-state index in [0.717, 1.165) is 88.5 Å². The summed E-state index contributed by atoms with van der Waals surface area (Å²) < 4.78 is 14.9. The molecule has 0 atom stereocenters. The van der Waals surface area contributed by atoms with Crippen LogP contribution in [-0.4, -0.2) is 9.55 Å². The monoisotopic (exact) mass is 728 g/mol. The van der Waals surface area contributed by atoms with Gasteiger partial charge in [-0.3, -0.25) is 4.98 Å². The van der Waals surface area contributed by atoms with Gasteiger partial charge >= 0.3 is 0 Å². The van der Waals surface area contributed by atoms with Crippen molar-refractivity contribution in [3.05, 3.63) is 194 Å². The van der Waals surface area contributed by atoms with Crippen LogP contribution in [0.4, 0.5) is 0 Å². The summed E-state index contributed by atoms with van der Waals surface area (Å²) in [7, 11) is 0. The number of hydrogen-bond donors (Lipinski definition) is 0. The Morgan fingerprint density at radius 1 is 0.316 bits per heavy atom. The molecule has 0 N–H and O–H groups in total. The van der Waals surface area contributed by atoms with Crippen molar-refractivity contribution in [2.24, 2.45) is 0 Å². The number of benzene rings is 8. The Morgan fingerprint density at radius 2 is 0.789 bits per heavy atom. The molecular weight excluding hydrogens is 697 g/mol. The van der Waals surface area contributed by atoms with Crippen molar-refractivity contribution in [2.75, 3.05) is 0 Å². The molecule has 12 aromatic rings. The Bertz CT molecular complexity index is 3530. The normalized spacial score (nSPS) is 11.9. The van der Waals surface area contributed by atoms with E-state index in [1.807, 2.05) is 24.5 Å². The first-order chi connectivity index (χ1) is 28.2. The largest absolute Gasteiger partial charge is 0.456 e. The van der Waals surface area contributed by atoms with Gasteiger partial charge in [0.15, 0.2) is 0 Å². The minimum atomic E-state index is 0.862. The molecule has 0 bridgehead atoms. The maximum Gasteiger partial charge on any atom is 0.135 e. The van der Waals surface area contributed by atoms with Crippen LogP contribution in [0.25, 0.3) is 116 Å². The molecule has 4 aromatic heterocycles. The zero-order valence-corrected chi connectivity index (χ0v) is 30.7. The molecule has 4 nitrogen and oxygen atoms in total. The van der Waals surface area contributed by atoms with Crippen LogP contribution < -0.4 is 0 Å². The molecule has 0 aliphatic rings. The third kappa shape index (κ3) is 5.04. The van der Waals surface area contributed by atoms with Crippen LogP contribution in [0.3, 0.4) is 0 Å². The number of para-hydroxylation sites is 3. The Balaban J connectivity index is 0.936. The summed E-state index contributed by atoms with van der Waals surface area (Å²) in [6.45, 7) is 0. The number of aromatic nitrogens is 2. The van der Waals surface area contributed by atoms with E-state index in [0.29, 0.717) is 0 Å². The Kier molecular flexibility index (Phi) is 6.89. The lowest BCUT2D eigenvalue weighted by Crippen LogP contribution is -1.92. The molecule has 8 aromatic carbocycles. The number of pyridine rings is 1. The number of furan rings is 2. The van der Waals surface area contributed by atoms with E-state index in [2.05, 4.69) is 174 Å². The van der Waals surface area contributed by atoms with Gasteiger partial charge in [0.2, 0.25) is 0 Å². The van der Waals surface area contributed by atoms with E-state index in [1.165, 1.54) is 27.4 Å². The van der Waals surface area contributed by atoms with E-state index in [9.17, 15) is 0 Å². The summed E-state index contributed by atoms with van der Waals surface area (Å²) in [6, 6.07) is 64.6. The lowest BCUT2D eigenvalue weighted by molar-refractivity contribution is 0.668. The van der Waals surface area contributed by atoms with Gasteiger partial charge in [0.25, 0.3) is 0 Å². The first-order valence-corrected chi connectivity index (χ1v) is 19.3. The summed E-state index contributed by atoms with van der Waals surface area (Å²) in [5.74, 6) is 0. The summed E-state index contributed by atoms with van der Waals surface area (Å²) in [6.07, 6.45) is 3.91. The van der Waals surface area contributed by atoms with Gasteiger partial charge in [0.1, 0.15) is 22.3 Å². The van der Waals surface area contributed by atoms with Crippen LogP contribution in [-0.2, 0) is 0 Å². The predicted octanol–water partition coefficient (Wildman–Crippen LogP) is 14.6. The third-order valence-electron chi connectivity index (χ3n) is 11.5. The van der Waals surface area contributed by atoms with Gasteiger partial charge in [-0.25, -0.2) is 0 Å². The van der Waals surface area contributed by atoms with Gasteiger partial charge in [-0.15, -0.1) is 0 Å². The average molecular weight is 729 g/mol. The Labute approximate surface area is 327 Å². The topological polar surface area (TPSA) is 44.1 Å². The molecule has 0 aliphatic heterocycles. The molecule has 0 unspecified atom stereocenters. The molecule has 0 fully saturated rings. The summed E-state index contributed by atoms with van der Waals surface area (Å²) in [5, 5.41) is 6.86. The van der Waals surface area contributed by atoms with Crippen molar-refractivity contribution >= 4 is 65.7 Å². The fourth-order valence-electron chi connectivity index (χ4n) is 8.77. The molecule has 0 radical (unpaired) electrons. The maximum atomic E-state index is 6.40. The minimum absolute atomic E-state index is 0.862. The smallest absolute Gasteiger partial charge is 0.135 e. The van der Waals surface area contributed by atoms with Crippen LogP contribution in [0.5, 0.6) is 0 Å². The fraction of sp³-hybridized carbons (Fsp3) is 0. The van der Waals surface area contributed by atoms with Crippen LogP contribution in [0.2, 0.25) is 0 Å². The zero-order chi connectivity index (χ0) is 37.5. The van der Waals surface area contributed by atoms with Crippen LogP contribution in [0, 0.1) is 0 Å². The second-order valence-corrected chi connectivity index (χ2v) is 14.8. The van der Waals surface area contributed by atoms with Crippen molar-refractivity contribution in [1.82, 2.24) is 9.55 Å². The van der Waals surface area contributed by atoms with E-state index in [4.69, 9.17) is 13.8 Å². The SMILES string of the molecule is c1ccc(-n2c3ccccc3c3cc(-c4cncc(-c5ccc6oc7ccc(-c8ccccc8-c8ccc9oc%10ccccc%10c9c8)cc7c6c5)c4)ccc32)cc1. The highest BCUT2D eigenvalue weighted by molar-refractivity contribution is 6.11. The molecule has 0 spiro atoms. The van der Waals surface area contributed by atoms with Gasteiger partial charge in [-0.05, 0) is 112 Å². The standard InChI is InChI=1S/C53H32N2O2/c1-2-10-39(11-3-1)55-48-16-8-6-14-42(48)44-27-33(18-22-49(44)55)37-26-38(32-54-31-37)34-19-23-52-46(28-34)47-30-36(21-25-53(47)57-52)41-13-5-4-12-40(41)35-20-24-51-45(29-35)43-15-7-9-17-50(43)56-51/h1-32H. The summed E-state index contributed by atoms with van der Waals surface area (Å²) in [5.41, 5.74) is 16.0. The molecule has 12 rings (SSSR count). The Morgan fingerprint density at radius 3 is 1.47 bits per heavy atom. The van der Waals surface area contributed by atoms with E-state index < -0.39 is 0 Å². The molecule has 57 heavy (non-hydrogen) atoms. The van der Waals surface area contributed by atoms with Crippen molar-refractivity contribution in [3.8, 4) is 50.2 Å². The molecule has 0 saturated heterocycles. The number of rotatable bonds is 5. The van der Waals surface area contributed by atoms with Crippen LogP contribution in [0.15, 0.2) is 203 Å². The van der Waals surface area contributed by atoms with Crippen molar-refractivity contribution < 1.29 is 8.83 Å². The fourth-order valence-corrected chi connectivity index (χ4v) is 8.77. The summed E-state index contributed by atoms with van der Waals surface area (Å²) in [4.78, 5) is 4.75. The van der Waals surface area contributed by atoms with Gasteiger partial charge in [0.05, 0.1) is 11.0 Å². The second-order valence-electron chi connectivity index (χ2n) is 14.8. The Hall–Kier alpha value is -7.69. The molecule has 0 aliphatic carbocycles. The van der Waals surface area contributed by atoms with Crippen molar-refractivity contribution in [1.29, 1.82) is 0 Å².